The molecule has 2 rings (SSSR count). The summed E-state index contributed by atoms with van der Waals surface area (Å²) >= 11 is 0. The number of aliphatic hydroxyl groups is 4. The molecule has 0 fully saturated rings. The van der Waals surface area contributed by atoms with Crippen molar-refractivity contribution in [2.24, 2.45) is 5.10 Å². The Kier molecular flexibility index (Phi) is 6.36. The Balaban J connectivity index is 2.04. The quantitative estimate of drug-likeness (QED) is 0.223. The van der Waals surface area contributed by atoms with Crippen LogP contribution in [-0.4, -0.2) is 65.8 Å². The fourth-order valence-corrected chi connectivity index (χ4v) is 1.96. The highest BCUT2D eigenvalue weighted by molar-refractivity contribution is 5.98. The summed E-state index contributed by atoms with van der Waals surface area (Å²) in [6.07, 6.45) is -1.99. The van der Waals surface area contributed by atoms with Crippen LogP contribution in [0.5, 0.6) is 0 Å². The van der Waals surface area contributed by atoms with Crippen molar-refractivity contribution in [2.75, 3.05) is 12.3 Å². The SMILES string of the molecule is CC(=NNC(=O)c1ccc(N)nc1)c1nc([C@@H](O)[C@H](O)[C@H](O)CO)c[nH]1. The molecule has 0 bridgehead atoms. The number of pyridine rings is 1. The summed E-state index contributed by atoms with van der Waals surface area (Å²) in [5.41, 5.74) is 8.40. The first-order valence-electron chi connectivity index (χ1n) is 7.60. The molecule has 140 valence electrons. The molecular weight excluding hydrogens is 344 g/mol. The maximum Gasteiger partial charge on any atom is 0.272 e. The van der Waals surface area contributed by atoms with Crippen LogP contribution in [0.25, 0.3) is 0 Å². The van der Waals surface area contributed by atoms with Gasteiger partial charge in [0, 0.05) is 12.4 Å². The van der Waals surface area contributed by atoms with E-state index in [2.05, 4.69) is 25.5 Å². The Morgan fingerprint density at radius 2 is 2.12 bits per heavy atom. The number of nitrogens with two attached hydrogens (primary N) is 1. The molecule has 2 heterocycles. The highest BCUT2D eigenvalue weighted by Gasteiger charge is 2.27. The van der Waals surface area contributed by atoms with E-state index in [0.717, 1.165) is 0 Å². The van der Waals surface area contributed by atoms with Crippen LogP contribution in [0.3, 0.4) is 0 Å². The molecule has 3 atom stereocenters. The lowest BCUT2D eigenvalue weighted by atomic mass is 10.1. The van der Waals surface area contributed by atoms with Crippen molar-refractivity contribution in [1.82, 2.24) is 20.4 Å². The number of nitrogens with one attached hydrogen (secondary N) is 2. The van der Waals surface area contributed by atoms with Crippen molar-refractivity contribution in [3.8, 4) is 0 Å². The average molecular weight is 364 g/mol. The Morgan fingerprint density at radius 1 is 1.38 bits per heavy atom. The Labute approximate surface area is 148 Å². The van der Waals surface area contributed by atoms with Gasteiger partial charge in [0.25, 0.3) is 5.91 Å². The number of aliphatic hydroxyl groups excluding tert-OH is 4. The van der Waals surface area contributed by atoms with Crippen molar-refractivity contribution >= 4 is 17.4 Å². The molecule has 0 aliphatic carbocycles. The molecule has 0 saturated heterocycles. The third-order valence-electron chi connectivity index (χ3n) is 3.52. The maximum absolute atomic E-state index is 11.9. The fraction of sp³-hybridized carbons (Fsp3) is 0.333. The number of hydrazone groups is 1. The molecule has 0 aliphatic heterocycles. The minimum absolute atomic E-state index is 0.0450. The lowest BCUT2D eigenvalue weighted by molar-refractivity contribution is -0.0788. The molecule has 0 unspecified atom stereocenters. The molecule has 0 radical (unpaired) electrons. The minimum atomic E-state index is -1.61. The zero-order chi connectivity index (χ0) is 19.3. The Morgan fingerprint density at radius 3 is 2.73 bits per heavy atom. The van der Waals surface area contributed by atoms with Gasteiger partial charge in [-0.05, 0) is 19.1 Å². The van der Waals surface area contributed by atoms with Crippen molar-refractivity contribution in [3.05, 3.63) is 41.6 Å². The van der Waals surface area contributed by atoms with Gasteiger partial charge in [0.05, 0.1) is 17.9 Å². The number of anilines is 1. The van der Waals surface area contributed by atoms with Crippen molar-refractivity contribution in [3.63, 3.8) is 0 Å². The van der Waals surface area contributed by atoms with Crippen LogP contribution in [0.15, 0.2) is 29.6 Å². The topological polar surface area (TPSA) is 190 Å². The number of amides is 1. The second kappa shape index (κ2) is 8.49. The number of imidazole rings is 1. The normalized spacial score (nSPS) is 15.3. The summed E-state index contributed by atoms with van der Waals surface area (Å²) in [5, 5.41) is 41.7. The van der Waals surface area contributed by atoms with Gasteiger partial charge in [0.15, 0.2) is 5.82 Å². The molecule has 26 heavy (non-hydrogen) atoms. The monoisotopic (exact) mass is 364 g/mol. The van der Waals surface area contributed by atoms with Crippen LogP contribution in [0, 0.1) is 0 Å². The number of hydrogen-bond acceptors (Lipinski definition) is 9. The first-order valence-corrected chi connectivity index (χ1v) is 7.60. The van der Waals surface area contributed by atoms with Crippen LogP contribution >= 0.6 is 0 Å². The minimum Gasteiger partial charge on any atom is -0.394 e. The number of nitrogen functional groups attached to an aromatic ring is 1. The number of nitrogens with zero attached hydrogens (tertiary/aromatic N) is 3. The molecule has 2 aromatic rings. The van der Waals surface area contributed by atoms with Crippen LogP contribution in [-0.2, 0) is 0 Å². The van der Waals surface area contributed by atoms with Gasteiger partial charge < -0.3 is 31.1 Å². The van der Waals surface area contributed by atoms with E-state index in [-0.39, 0.29) is 22.9 Å². The molecule has 0 saturated carbocycles. The number of rotatable bonds is 7. The first kappa shape index (κ1) is 19.5. The average Bonchev–Trinajstić information content (AvgIpc) is 3.14. The standard InChI is InChI=1S/C15H20N6O5/c1-7(20-21-15(26)8-2-3-11(16)17-4-8)14-18-5-9(19-14)12(24)13(25)10(23)6-22/h2-5,10,12-13,22-25H,6H2,1H3,(H2,16,17)(H,18,19)(H,21,26)/t10-,12-,13-/m1/s1. The van der Waals surface area contributed by atoms with Gasteiger partial charge in [-0.1, -0.05) is 0 Å². The van der Waals surface area contributed by atoms with Gasteiger partial charge >= 0.3 is 0 Å². The van der Waals surface area contributed by atoms with Gasteiger partial charge in [-0.15, -0.1) is 0 Å². The molecule has 11 nitrogen and oxygen atoms in total. The van der Waals surface area contributed by atoms with Crippen LogP contribution in [0.4, 0.5) is 5.82 Å². The van der Waals surface area contributed by atoms with Gasteiger partial charge in [-0.2, -0.15) is 5.10 Å². The predicted molar refractivity (Wildman–Crippen MR) is 91.0 cm³/mol. The van der Waals surface area contributed by atoms with E-state index in [1.54, 1.807) is 6.92 Å². The number of hydrogen-bond donors (Lipinski definition) is 7. The number of H-pyrrole nitrogens is 1. The van der Waals surface area contributed by atoms with Crippen molar-refractivity contribution in [2.45, 2.75) is 25.2 Å². The molecule has 0 aliphatic rings. The number of carbonyl (C=O) groups excluding carboxylic acids is 1. The Bertz CT molecular complexity index is 775. The van der Waals surface area contributed by atoms with Crippen LogP contribution in [0.1, 0.15) is 34.9 Å². The third-order valence-corrected chi connectivity index (χ3v) is 3.52. The first-order chi connectivity index (χ1) is 12.3. The van der Waals surface area contributed by atoms with Crippen molar-refractivity contribution < 1.29 is 25.2 Å². The zero-order valence-corrected chi connectivity index (χ0v) is 13.9. The van der Waals surface area contributed by atoms with Crippen LogP contribution in [0.2, 0.25) is 0 Å². The van der Waals surface area contributed by atoms with E-state index < -0.39 is 30.8 Å². The number of aromatic amines is 1. The maximum atomic E-state index is 11.9. The van der Waals surface area contributed by atoms with E-state index in [9.17, 15) is 20.1 Å². The van der Waals surface area contributed by atoms with Gasteiger partial charge in [0.2, 0.25) is 0 Å². The molecule has 1 amide bonds. The summed E-state index contributed by atoms with van der Waals surface area (Å²) in [7, 11) is 0. The highest BCUT2D eigenvalue weighted by Crippen LogP contribution is 2.17. The molecule has 2 aromatic heterocycles. The summed E-state index contributed by atoms with van der Waals surface area (Å²) in [6, 6.07) is 2.98. The second-order valence-corrected chi connectivity index (χ2v) is 5.47. The predicted octanol–water partition coefficient (Wildman–Crippen LogP) is -1.71. The lowest BCUT2D eigenvalue weighted by Crippen LogP contribution is -2.34. The lowest BCUT2D eigenvalue weighted by Gasteiger charge is -2.19. The summed E-state index contributed by atoms with van der Waals surface area (Å²) in [6.45, 7) is 0.859. The smallest absolute Gasteiger partial charge is 0.272 e. The molecule has 11 heteroatoms. The third kappa shape index (κ3) is 4.61. The Hall–Kier alpha value is -2.86. The fourth-order valence-electron chi connectivity index (χ4n) is 1.96. The second-order valence-electron chi connectivity index (χ2n) is 5.47. The summed E-state index contributed by atoms with van der Waals surface area (Å²) < 4.78 is 0. The molecule has 8 N–H and O–H groups in total. The van der Waals surface area contributed by atoms with Gasteiger partial charge in [0.1, 0.15) is 29.8 Å². The van der Waals surface area contributed by atoms with E-state index >= 15 is 0 Å². The van der Waals surface area contributed by atoms with E-state index in [1.165, 1.54) is 24.5 Å². The molecule has 0 aromatic carbocycles. The number of aromatic nitrogens is 3. The van der Waals surface area contributed by atoms with Crippen molar-refractivity contribution in [1.29, 1.82) is 0 Å². The van der Waals surface area contributed by atoms with Gasteiger partial charge in [-0.3, -0.25) is 4.79 Å². The largest absolute Gasteiger partial charge is 0.394 e. The number of carbonyl (C=O) groups is 1. The molecule has 0 spiro atoms. The zero-order valence-electron chi connectivity index (χ0n) is 13.9. The van der Waals surface area contributed by atoms with Crippen LogP contribution < -0.4 is 11.2 Å². The van der Waals surface area contributed by atoms with Gasteiger partial charge in [-0.25, -0.2) is 15.4 Å². The highest BCUT2D eigenvalue weighted by atomic mass is 16.4. The molecular formula is C15H20N6O5. The van der Waals surface area contributed by atoms with E-state index in [0.29, 0.717) is 5.71 Å². The summed E-state index contributed by atoms with van der Waals surface area (Å²) in [5.74, 6) is 0.0297. The van der Waals surface area contributed by atoms with E-state index in [4.69, 9.17) is 10.8 Å². The van der Waals surface area contributed by atoms with E-state index in [1.807, 2.05) is 0 Å². The summed E-state index contributed by atoms with van der Waals surface area (Å²) in [4.78, 5) is 22.5.